The van der Waals surface area contributed by atoms with Gasteiger partial charge in [-0.15, -0.1) is 0 Å². The highest BCUT2D eigenvalue weighted by Crippen LogP contribution is 2.13. The molecule has 6 nitrogen and oxygen atoms in total. The lowest BCUT2D eigenvalue weighted by Crippen LogP contribution is -2.41. The third-order valence-corrected chi connectivity index (χ3v) is 3.57. The minimum atomic E-state index is -0.471. The van der Waals surface area contributed by atoms with Crippen molar-refractivity contribution in [1.82, 2.24) is 15.8 Å². The van der Waals surface area contributed by atoms with Gasteiger partial charge in [0.2, 0.25) is 0 Å². The minimum absolute atomic E-state index is 0.231. The van der Waals surface area contributed by atoms with Gasteiger partial charge in [-0.3, -0.25) is 25.4 Å². The van der Waals surface area contributed by atoms with Crippen LogP contribution in [0.4, 0.5) is 0 Å². The number of unbranched alkanes of at least 4 members (excludes halogenated alkanes) is 3. The average molecular weight is 341 g/mol. The number of carbonyl (C=O) groups excluding carboxylic acids is 2. The molecular weight excluding hydrogens is 318 g/mol. The standard InChI is InChI=1S/C19H23N3O3/c1-2-3-4-7-14-25-16-11-9-15(10-12-16)18(23)21-22-19(24)17-8-5-6-13-20-17/h5-6,8-13H,2-4,7,14H2,1H3,(H,21,23)(H,22,24). The molecule has 2 aromatic rings. The van der Waals surface area contributed by atoms with Crippen LogP contribution in [0.2, 0.25) is 0 Å². The summed E-state index contributed by atoms with van der Waals surface area (Å²) < 4.78 is 5.63. The highest BCUT2D eigenvalue weighted by molar-refractivity contribution is 5.98. The Kier molecular flexibility index (Phi) is 7.43. The fraction of sp³-hybridized carbons (Fsp3) is 0.316. The number of hydrogen-bond acceptors (Lipinski definition) is 4. The lowest BCUT2D eigenvalue weighted by Gasteiger charge is -2.08. The van der Waals surface area contributed by atoms with Crippen molar-refractivity contribution in [1.29, 1.82) is 0 Å². The number of ether oxygens (including phenoxy) is 1. The number of hydrazine groups is 1. The zero-order valence-electron chi connectivity index (χ0n) is 14.3. The van der Waals surface area contributed by atoms with E-state index >= 15 is 0 Å². The molecule has 2 N–H and O–H groups in total. The number of hydrogen-bond donors (Lipinski definition) is 2. The molecule has 0 aliphatic rings. The van der Waals surface area contributed by atoms with E-state index < -0.39 is 11.8 Å². The van der Waals surface area contributed by atoms with Gasteiger partial charge in [-0.25, -0.2) is 0 Å². The number of nitrogens with zero attached hydrogens (tertiary/aromatic N) is 1. The Morgan fingerprint density at radius 1 is 0.960 bits per heavy atom. The van der Waals surface area contributed by atoms with Crippen LogP contribution < -0.4 is 15.6 Å². The highest BCUT2D eigenvalue weighted by atomic mass is 16.5. The van der Waals surface area contributed by atoms with E-state index in [-0.39, 0.29) is 5.69 Å². The van der Waals surface area contributed by atoms with E-state index in [1.807, 2.05) is 0 Å². The maximum Gasteiger partial charge on any atom is 0.288 e. The molecule has 2 rings (SSSR count). The van der Waals surface area contributed by atoms with Gasteiger partial charge in [0.05, 0.1) is 6.61 Å². The van der Waals surface area contributed by atoms with Crippen molar-refractivity contribution < 1.29 is 14.3 Å². The van der Waals surface area contributed by atoms with Crippen LogP contribution in [-0.4, -0.2) is 23.4 Å². The molecule has 1 aromatic carbocycles. The van der Waals surface area contributed by atoms with E-state index in [0.29, 0.717) is 12.2 Å². The zero-order chi connectivity index (χ0) is 17.9. The van der Waals surface area contributed by atoms with Crippen LogP contribution in [0.5, 0.6) is 5.75 Å². The van der Waals surface area contributed by atoms with Crippen molar-refractivity contribution >= 4 is 11.8 Å². The molecule has 0 bridgehead atoms. The summed E-state index contributed by atoms with van der Waals surface area (Å²) >= 11 is 0. The minimum Gasteiger partial charge on any atom is -0.494 e. The molecule has 0 radical (unpaired) electrons. The summed E-state index contributed by atoms with van der Waals surface area (Å²) in [5, 5.41) is 0. The molecule has 0 spiro atoms. The Bertz CT molecular complexity index is 672. The molecule has 0 fully saturated rings. The second kappa shape index (κ2) is 10.1. The normalized spacial score (nSPS) is 10.1. The number of carbonyl (C=O) groups is 2. The summed E-state index contributed by atoms with van der Waals surface area (Å²) in [4.78, 5) is 27.8. The van der Waals surface area contributed by atoms with Gasteiger partial charge in [-0.05, 0) is 42.8 Å². The Balaban J connectivity index is 1.77. The van der Waals surface area contributed by atoms with Crippen LogP contribution in [0.1, 0.15) is 53.5 Å². The first-order valence-corrected chi connectivity index (χ1v) is 8.45. The molecule has 0 saturated heterocycles. The quantitative estimate of drug-likeness (QED) is 0.571. The first-order valence-electron chi connectivity index (χ1n) is 8.45. The van der Waals surface area contributed by atoms with Crippen LogP contribution in [0, 0.1) is 0 Å². The SMILES string of the molecule is CCCCCCOc1ccc(C(=O)NNC(=O)c2ccccn2)cc1. The third kappa shape index (κ3) is 6.25. The predicted octanol–water partition coefficient (Wildman–Crippen LogP) is 3.12. The second-order valence-electron chi connectivity index (χ2n) is 5.56. The Labute approximate surface area is 147 Å². The Hall–Kier alpha value is -2.89. The number of pyridine rings is 1. The Morgan fingerprint density at radius 2 is 1.72 bits per heavy atom. The number of benzene rings is 1. The first-order chi connectivity index (χ1) is 12.2. The van der Waals surface area contributed by atoms with Crippen molar-refractivity contribution in [2.45, 2.75) is 32.6 Å². The topological polar surface area (TPSA) is 80.3 Å². The second-order valence-corrected chi connectivity index (χ2v) is 5.56. The molecule has 0 atom stereocenters. The summed E-state index contributed by atoms with van der Waals surface area (Å²) in [6.07, 6.45) is 6.10. The molecule has 1 heterocycles. The lowest BCUT2D eigenvalue weighted by atomic mass is 10.2. The van der Waals surface area contributed by atoms with E-state index in [1.54, 1.807) is 42.5 Å². The van der Waals surface area contributed by atoms with E-state index in [4.69, 9.17) is 4.74 Å². The smallest absolute Gasteiger partial charge is 0.288 e. The Morgan fingerprint density at radius 3 is 2.40 bits per heavy atom. The van der Waals surface area contributed by atoms with Gasteiger partial charge < -0.3 is 4.74 Å². The van der Waals surface area contributed by atoms with Crippen LogP contribution in [0.25, 0.3) is 0 Å². The molecule has 0 unspecified atom stereocenters. The average Bonchev–Trinajstić information content (AvgIpc) is 2.67. The van der Waals surface area contributed by atoms with E-state index in [9.17, 15) is 9.59 Å². The fourth-order valence-corrected chi connectivity index (χ4v) is 2.17. The molecular formula is C19H23N3O3. The lowest BCUT2D eigenvalue weighted by molar-refractivity contribution is 0.0844. The maximum absolute atomic E-state index is 12.0. The number of nitrogens with one attached hydrogen (secondary N) is 2. The monoisotopic (exact) mass is 341 g/mol. The molecule has 0 aliphatic heterocycles. The molecule has 2 amide bonds. The van der Waals surface area contributed by atoms with Crippen LogP contribution in [-0.2, 0) is 0 Å². The first kappa shape index (κ1) is 18.4. The summed E-state index contributed by atoms with van der Waals surface area (Å²) in [7, 11) is 0. The van der Waals surface area contributed by atoms with Crippen molar-refractivity contribution in [2.75, 3.05) is 6.61 Å². The number of rotatable bonds is 8. The summed E-state index contributed by atoms with van der Waals surface area (Å²) in [6, 6.07) is 11.8. The van der Waals surface area contributed by atoms with E-state index in [0.717, 1.165) is 18.6 Å². The number of amides is 2. The number of aromatic nitrogens is 1. The van der Waals surface area contributed by atoms with Gasteiger partial charge in [-0.2, -0.15) is 0 Å². The van der Waals surface area contributed by atoms with E-state index in [1.165, 1.54) is 19.0 Å². The van der Waals surface area contributed by atoms with Crippen molar-refractivity contribution in [3.63, 3.8) is 0 Å². The molecule has 25 heavy (non-hydrogen) atoms. The largest absolute Gasteiger partial charge is 0.494 e. The molecule has 0 saturated carbocycles. The van der Waals surface area contributed by atoms with Crippen molar-refractivity contribution in [3.05, 3.63) is 59.9 Å². The summed E-state index contributed by atoms with van der Waals surface area (Å²) in [6.45, 7) is 2.84. The zero-order valence-corrected chi connectivity index (χ0v) is 14.3. The highest BCUT2D eigenvalue weighted by Gasteiger charge is 2.09. The van der Waals surface area contributed by atoms with Crippen LogP contribution in [0.15, 0.2) is 48.7 Å². The maximum atomic E-state index is 12.0. The van der Waals surface area contributed by atoms with Crippen molar-refractivity contribution in [2.24, 2.45) is 0 Å². The predicted molar refractivity (Wildman–Crippen MR) is 95.2 cm³/mol. The van der Waals surface area contributed by atoms with Gasteiger partial charge in [-0.1, -0.05) is 32.3 Å². The van der Waals surface area contributed by atoms with Gasteiger partial charge in [0.25, 0.3) is 11.8 Å². The van der Waals surface area contributed by atoms with Crippen LogP contribution >= 0.6 is 0 Å². The summed E-state index contributed by atoms with van der Waals surface area (Å²) in [5.74, 6) is -0.148. The third-order valence-electron chi connectivity index (χ3n) is 3.57. The fourth-order valence-electron chi connectivity index (χ4n) is 2.17. The molecule has 6 heteroatoms. The summed E-state index contributed by atoms with van der Waals surface area (Å²) in [5.41, 5.74) is 5.36. The van der Waals surface area contributed by atoms with E-state index in [2.05, 4.69) is 22.8 Å². The van der Waals surface area contributed by atoms with Crippen molar-refractivity contribution in [3.8, 4) is 5.75 Å². The molecule has 1 aromatic heterocycles. The van der Waals surface area contributed by atoms with Gasteiger partial charge >= 0.3 is 0 Å². The van der Waals surface area contributed by atoms with Gasteiger partial charge in [0, 0.05) is 11.8 Å². The molecule has 132 valence electrons. The van der Waals surface area contributed by atoms with Gasteiger partial charge in [0.1, 0.15) is 11.4 Å². The van der Waals surface area contributed by atoms with Crippen LogP contribution in [0.3, 0.4) is 0 Å². The van der Waals surface area contributed by atoms with Gasteiger partial charge in [0.15, 0.2) is 0 Å². The molecule has 0 aliphatic carbocycles.